The molecule has 0 aromatic heterocycles. The number of allylic oxidation sites excluding steroid dienone is 2. The van der Waals surface area contributed by atoms with Crippen molar-refractivity contribution in [3.05, 3.63) is 11.6 Å². The van der Waals surface area contributed by atoms with Gasteiger partial charge in [-0.1, -0.05) is 25.5 Å². The molecule has 1 heterocycles. The molecule has 0 aromatic carbocycles. The smallest absolute Gasteiger partial charge is 0.157 e. The molecule has 2 atom stereocenters. The zero-order valence-electron chi connectivity index (χ0n) is 12.4. The van der Waals surface area contributed by atoms with Gasteiger partial charge in [0.25, 0.3) is 0 Å². The average Bonchev–Trinajstić information content (AvgIpc) is 2.41. The maximum Gasteiger partial charge on any atom is 0.157 e. The molecule has 0 N–H and O–H groups in total. The van der Waals surface area contributed by atoms with E-state index in [1.807, 2.05) is 0 Å². The van der Waals surface area contributed by atoms with Crippen LogP contribution >= 0.6 is 0 Å². The molecule has 18 heavy (non-hydrogen) atoms. The first-order valence-electron chi connectivity index (χ1n) is 7.63. The molecular weight excluding hydrogens is 224 g/mol. The lowest BCUT2D eigenvalue weighted by Gasteiger charge is -2.23. The lowest BCUT2D eigenvalue weighted by Crippen LogP contribution is -2.23. The molecule has 2 heteroatoms. The Hall–Kier alpha value is -0.340. The van der Waals surface area contributed by atoms with Gasteiger partial charge in [-0.3, -0.25) is 0 Å². The quantitative estimate of drug-likeness (QED) is 0.585. The van der Waals surface area contributed by atoms with Gasteiger partial charge in [0.05, 0.1) is 0 Å². The molecule has 0 spiro atoms. The van der Waals surface area contributed by atoms with Gasteiger partial charge in [0.15, 0.2) is 6.29 Å². The van der Waals surface area contributed by atoms with Crippen LogP contribution in [0.15, 0.2) is 11.6 Å². The van der Waals surface area contributed by atoms with Gasteiger partial charge in [0.2, 0.25) is 0 Å². The van der Waals surface area contributed by atoms with Gasteiger partial charge in [0.1, 0.15) is 0 Å². The van der Waals surface area contributed by atoms with Crippen molar-refractivity contribution < 1.29 is 9.47 Å². The van der Waals surface area contributed by atoms with Crippen molar-refractivity contribution in [3.8, 4) is 0 Å². The first kappa shape index (κ1) is 15.7. The molecule has 0 radical (unpaired) electrons. The van der Waals surface area contributed by atoms with Crippen molar-refractivity contribution in [1.29, 1.82) is 0 Å². The summed E-state index contributed by atoms with van der Waals surface area (Å²) in [5.74, 6) is 0.745. The molecule has 106 valence electrons. The van der Waals surface area contributed by atoms with E-state index >= 15 is 0 Å². The van der Waals surface area contributed by atoms with Gasteiger partial charge in [-0.05, 0) is 57.8 Å². The summed E-state index contributed by atoms with van der Waals surface area (Å²) < 4.78 is 11.3. The zero-order chi connectivity index (χ0) is 13.2. The molecule has 0 aliphatic carbocycles. The highest BCUT2D eigenvalue weighted by molar-refractivity contribution is 4.98. The fraction of sp³-hybridized carbons (Fsp3) is 0.875. The third-order valence-corrected chi connectivity index (χ3v) is 3.87. The Kier molecular flexibility index (Phi) is 8.36. The highest BCUT2D eigenvalue weighted by Gasteiger charge is 2.14. The Morgan fingerprint density at radius 2 is 2.22 bits per heavy atom. The van der Waals surface area contributed by atoms with E-state index in [1.165, 1.54) is 32.1 Å². The van der Waals surface area contributed by atoms with Crippen LogP contribution in [0.4, 0.5) is 0 Å². The van der Waals surface area contributed by atoms with Gasteiger partial charge in [0, 0.05) is 13.2 Å². The van der Waals surface area contributed by atoms with Crippen LogP contribution in [0.5, 0.6) is 0 Å². The minimum absolute atomic E-state index is 0.0766. The van der Waals surface area contributed by atoms with Crippen molar-refractivity contribution >= 4 is 0 Å². The highest BCUT2D eigenvalue weighted by atomic mass is 16.7. The third kappa shape index (κ3) is 6.55. The molecular formula is C16H30O2. The normalized spacial score (nSPS) is 23.1. The van der Waals surface area contributed by atoms with E-state index in [9.17, 15) is 0 Å². The Labute approximate surface area is 113 Å². The molecule has 1 aliphatic heterocycles. The van der Waals surface area contributed by atoms with E-state index in [2.05, 4.69) is 26.8 Å². The number of ether oxygens (including phenoxy) is 2. The molecule has 0 aromatic rings. The molecule has 0 amide bonds. The van der Waals surface area contributed by atoms with Crippen molar-refractivity contribution in [2.24, 2.45) is 5.92 Å². The first-order chi connectivity index (χ1) is 8.76. The van der Waals surface area contributed by atoms with Gasteiger partial charge in [-0.25, -0.2) is 0 Å². The monoisotopic (exact) mass is 254 g/mol. The van der Waals surface area contributed by atoms with Crippen LogP contribution in [0.2, 0.25) is 0 Å². The van der Waals surface area contributed by atoms with Crippen molar-refractivity contribution in [2.75, 3.05) is 13.2 Å². The molecule has 1 fully saturated rings. The van der Waals surface area contributed by atoms with E-state index in [4.69, 9.17) is 9.47 Å². The van der Waals surface area contributed by atoms with E-state index in [-0.39, 0.29) is 6.29 Å². The zero-order valence-corrected chi connectivity index (χ0v) is 12.4. The molecule has 2 unspecified atom stereocenters. The summed E-state index contributed by atoms with van der Waals surface area (Å²) in [7, 11) is 0. The predicted molar refractivity (Wildman–Crippen MR) is 76.6 cm³/mol. The van der Waals surface area contributed by atoms with E-state index in [0.717, 1.165) is 32.0 Å². The van der Waals surface area contributed by atoms with Crippen molar-refractivity contribution in [1.82, 2.24) is 0 Å². The molecule has 0 bridgehead atoms. The van der Waals surface area contributed by atoms with Crippen LogP contribution in [0.1, 0.15) is 65.7 Å². The summed E-state index contributed by atoms with van der Waals surface area (Å²) in [6.07, 6.45) is 10.7. The van der Waals surface area contributed by atoms with Crippen LogP contribution in [-0.2, 0) is 9.47 Å². The lowest BCUT2D eigenvalue weighted by atomic mass is 9.97. The number of rotatable bonds is 8. The lowest BCUT2D eigenvalue weighted by molar-refractivity contribution is -0.163. The maximum absolute atomic E-state index is 5.78. The average molecular weight is 254 g/mol. The van der Waals surface area contributed by atoms with E-state index in [0.29, 0.717) is 0 Å². The summed E-state index contributed by atoms with van der Waals surface area (Å²) >= 11 is 0. The number of hydrogen-bond acceptors (Lipinski definition) is 2. The predicted octanol–water partition coefficient (Wildman–Crippen LogP) is 4.69. The van der Waals surface area contributed by atoms with Crippen molar-refractivity contribution in [3.63, 3.8) is 0 Å². The summed E-state index contributed by atoms with van der Waals surface area (Å²) in [5, 5.41) is 0. The first-order valence-corrected chi connectivity index (χ1v) is 7.63. The SMILES string of the molecule is CC=C(CC)CCC(C)CCOC1CCCCO1. The molecule has 1 aliphatic rings. The topological polar surface area (TPSA) is 18.5 Å². The maximum atomic E-state index is 5.78. The minimum atomic E-state index is 0.0766. The van der Waals surface area contributed by atoms with Gasteiger partial charge >= 0.3 is 0 Å². The third-order valence-electron chi connectivity index (χ3n) is 3.87. The fourth-order valence-corrected chi connectivity index (χ4v) is 2.34. The van der Waals surface area contributed by atoms with E-state index < -0.39 is 0 Å². The molecule has 1 rings (SSSR count). The molecule has 2 nitrogen and oxygen atoms in total. The summed E-state index contributed by atoms with van der Waals surface area (Å²) in [6, 6.07) is 0. The Balaban J connectivity index is 2.03. The Morgan fingerprint density at radius 3 is 2.83 bits per heavy atom. The molecule has 1 saturated heterocycles. The second kappa shape index (κ2) is 9.57. The van der Waals surface area contributed by atoms with Crippen LogP contribution in [-0.4, -0.2) is 19.5 Å². The standard InChI is InChI=1S/C16H30O2/c1-4-15(5-2)10-9-14(3)11-13-18-16-8-6-7-12-17-16/h4,14,16H,5-13H2,1-3H3. The molecule has 0 saturated carbocycles. The summed E-state index contributed by atoms with van der Waals surface area (Å²) in [4.78, 5) is 0. The second-order valence-electron chi connectivity index (χ2n) is 5.40. The van der Waals surface area contributed by atoms with Crippen LogP contribution in [0.25, 0.3) is 0 Å². The second-order valence-corrected chi connectivity index (χ2v) is 5.40. The van der Waals surface area contributed by atoms with Gasteiger partial charge < -0.3 is 9.47 Å². The van der Waals surface area contributed by atoms with Crippen LogP contribution < -0.4 is 0 Å². The Morgan fingerprint density at radius 1 is 1.39 bits per heavy atom. The minimum Gasteiger partial charge on any atom is -0.353 e. The van der Waals surface area contributed by atoms with Crippen LogP contribution in [0.3, 0.4) is 0 Å². The highest BCUT2D eigenvalue weighted by Crippen LogP contribution is 2.19. The summed E-state index contributed by atoms with van der Waals surface area (Å²) in [5.41, 5.74) is 1.58. The van der Waals surface area contributed by atoms with Crippen molar-refractivity contribution in [2.45, 2.75) is 72.0 Å². The van der Waals surface area contributed by atoms with Gasteiger partial charge in [-0.15, -0.1) is 0 Å². The largest absolute Gasteiger partial charge is 0.353 e. The number of hydrogen-bond donors (Lipinski definition) is 0. The Bertz CT molecular complexity index is 229. The van der Waals surface area contributed by atoms with Gasteiger partial charge in [-0.2, -0.15) is 0 Å². The summed E-state index contributed by atoms with van der Waals surface area (Å²) in [6.45, 7) is 8.44. The van der Waals surface area contributed by atoms with Crippen LogP contribution in [0, 0.1) is 5.92 Å². The fourth-order valence-electron chi connectivity index (χ4n) is 2.34. The van der Waals surface area contributed by atoms with E-state index in [1.54, 1.807) is 5.57 Å².